The van der Waals surface area contributed by atoms with Gasteiger partial charge in [-0.2, -0.15) is 0 Å². The maximum atomic E-state index is 13.2. The molecule has 0 unspecified atom stereocenters. The third-order valence-corrected chi connectivity index (χ3v) is 10.1. The number of carbonyl (C=O) groups is 2. The van der Waals surface area contributed by atoms with Gasteiger partial charge in [-0.25, -0.2) is 9.59 Å². The van der Waals surface area contributed by atoms with E-state index in [1.54, 1.807) is 38.2 Å². The van der Waals surface area contributed by atoms with Crippen LogP contribution in [0.3, 0.4) is 0 Å². The molecule has 4 rings (SSSR count). The van der Waals surface area contributed by atoms with Crippen molar-refractivity contribution >= 4 is 12.2 Å². The van der Waals surface area contributed by atoms with E-state index in [-0.39, 0.29) is 32.5 Å². The molecule has 0 heterocycles. The lowest BCUT2D eigenvalue weighted by Crippen LogP contribution is -2.31. The van der Waals surface area contributed by atoms with Gasteiger partial charge in [0.05, 0.1) is 68.1 Å². The Morgan fingerprint density at radius 1 is 0.422 bits per heavy atom. The summed E-state index contributed by atoms with van der Waals surface area (Å²) in [5.74, 6) is 2.87. The smallest absolute Gasteiger partial charge is 0.410 e. The largest absolute Gasteiger partial charge is 0.497 e. The highest BCUT2D eigenvalue weighted by Crippen LogP contribution is 2.21. The van der Waals surface area contributed by atoms with Crippen molar-refractivity contribution in [3.8, 4) is 23.0 Å². The predicted octanol–water partition coefficient (Wildman–Crippen LogP) is 7.48. The fourth-order valence-corrected chi connectivity index (χ4v) is 6.64. The van der Waals surface area contributed by atoms with E-state index >= 15 is 0 Å². The van der Waals surface area contributed by atoms with E-state index in [0.717, 1.165) is 58.1 Å². The van der Waals surface area contributed by atoms with E-state index in [0.29, 0.717) is 65.8 Å². The monoisotopic (exact) mass is 889 g/mol. The second kappa shape index (κ2) is 29.7. The Balaban J connectivity index is 1.05. The number of hydrogen-bond donors (Lipinski definition) is 0. The van der Waals surface area contributed by atoms with Gasteiger partial charge in [0.1, 0.15) is 36.2 Å². The van der Waals surface area contributed by atoms with Crippen LogP contribution in [0.15, 0.2) is 97.1 Å². The number of ether oxygens (including phenoxy) is 10. The Kier molecular flexibility index (Phi) is 23.7. The molecular formula is C49H67N3O12. The van der Waals surface area contributed by atoms with Crippen LogP contribution >= 0.6 is 0 Å². The minimum atomic E-state index is -0.444. The summed E-state index contributed by atoms with van der Waals surface area (Å²) in [4.78, 5) is 31.8. The number of hydrogen-bond acceptors (Lipinski definition) is 13. The zero-order valence-electron chi connectivity index (χ0n) is 38.4. The molecule has 0 bridgehead atoms. The number of methoxy groups -OCH3 is 4. The van der Waals surface area contributed by atoms with E-state index in [2.05, 4.69) is 4.90 Å². The van der Waals surface area contributed by atoms with Crippen LogP contribution in [0.4, 0.5) is 9.59 Å². The first-order valence-corrected chi connectivity index (χ1v) is 21.5. The lowest BCUT2D eigenvalue weighted by atomic mass is 10.1. The summed E-state index contributed by atoms with van der Waals surface area (Å²) in [6.45, 7) is 4.88. The summed E-state index contributed by atoms with van der Waals surface area (Å²) in [6.07, 6.45) is 0.777. The van der Waals surface area contributed by atoms with Crippen molar-refractivity contribution in [1.82, 2.24) is 14.7 Å². The van der Waals surface area contributed by atoms with Crippen molar-refractivity contribution in [2.75, 3.05) is 109 Å². The highest BCUT2D eigenvalue weighted by molar-refractivity contribution is 5.68. The summed E-state index contributed by atoms with van der Waals surface area (Å²) >= 11 is 0. The van der Waals surface area contributed by atoms with Gasteiger partial charge in [0.2, 0.25) is 0 Å². The SMILES string of the molecule is COc1cccc(CN(Cc2cccc(OC)c2)C(=O)OCCOCCOCCC(CCOCCOCCOC(=O)N(Cc2cccc(OC)c2)Cc2cccc(OC)c2)N(C)C)c1. The van der Waals surface area contributed by atoms with E-state index in [1.165, 1.54) is 0 Å². The zero-order valence-corrected chi connectivity index (χ0v) is 38.4. The molecule has 0 saturated carbocycles. The number of rotatable bonds is 31. The van der Waals surface area contributed by atoms with Crippen molar-refractivity contribution in [3.05, 3.63) is 119 Å². The molecular weight excluding hydrogens is 823 g/mol. The van der Waals surface area contributed by atoms with Gasteiger partial charge in [-0.05, 0) is 97.7 Å². The van der Waals surface area contributed by atoms with Crippen molar-refractivity contribution in [2.45, 2.75) is 45.1 Å². The van der Waals surface area contributed by atoms with Gasteiger partial charge < -0.3 is 52.3 Å². The standard InChI is InChI=1S/C49H67N3O12/c1-50(2)43(19-21-59-23-25-61-27-29-63-48(53)51(35-39-11-7-15-44(31-39)55-3)36-40-12-8-16-45(32-40)56-4)20-22-60-24-26-62-28-30-64-49(54)52(37-41-13-9-17-46(33-41)57-5)38-42-14-10-18-47(34-42)58-6/h7-18,31-34,43H,19-30,35-38H2,1-6H3. The number of nitrogens with zero attached hydrogens (tertiary/aromatic N) is 3. The Bertz CT molecular complexity index is 1700. The summed E-state index contributed by atoms with van der Waals surface area (Å²) in [5.41, 5.74) is 3.68. The maximum absolute atomic E-state index is 13.2. The molecule has 0 spiro atoms. The average Bonchev–Trinajstić information content (AvgIpc) is 3.31. The zero-order chi connectivity index (χ0) is 45.8. The Morgan fingerprint density at radius 3 is 0.984 bits per heavy atom. The number of carbonyl (C=O) groups excluding carboxylic acids is 2. The topological polar surface area (TPSA) is 136 Å². The van der Waals surface area contributed by atoms with Crippen LogP contribution < -0.4 is 18.9 Å². The third kappa shape index (κ3) is 19.4. The first-order valence-electron chi connectivity index (χ1n) is 21.5. The average molecular weight is 890 g/mol. The second-order valence-electron chi connectivity index (χ2n) is 15.0. The maximum Gasteiger partial charge on any atom is 0.410 e. The van der Waals surface area contributed by atoms with Crippen LogP contribution in [0.1, 0.15) is 35.1 Å². The minimum absolute atomic E-state index is 0.114. The first kappa shape index (κ1) is 51.1. The number of benzene rings is 4. The van der Waals surface area contributed by atoms with Gasteiger partial charge >= 0.3 is 12.2 Å². The molecule has 0 atom stereocenters. The molecule has 4 aromatic rings. The number of amides is 2. The van der Waals surface area contributed by atoms with Crippen LogP contribution in [0, 0.1) is 0 Å². The highest BCUT2D eigenvalue weighted by Gasteiger charge is 2.19. The molecule has 15 heteroatoms. The summed E-state index contributed by atoms with van der Waals surface area (Å²) in [7, 11) is 10.5. The van der Waals surface area contributed by atoms with Crippen LogP contribution in [-0.2, 0) is 54.6 Å². The lowest BCUT2D eigenvalue weighted by molar-refractivity contribution is 0.0106. The first-order chi connectivity index (χ1) is 31.2. The van der Waals surface area contributed by atoms with E-state index in [9.17, 15) is 9.59 Å². The van der Waals surface area contributed by atoms with Gasteiger partial charge in [0.25, 0.3) is 0 Å². The van der Waals surface area contributed by atoms with Gasteiger partial charge in [-0.15, -0.1) is 0 Å². The lowest BCUT2D eigenvalue weighted by Gasteiger charge is -2.24. The molecule has 0 N–H and O–H groups in total. The van der Waals surface area contributed by atoms with E-state index < -0.39 is 12.2 Å². The van der Waals surface area contributed by atoms with Gasteiger partial charge in [-0.1, -0.05) is 48.5 Å². The Morgan fingerprint density at radius 2 is 0.703 bits per heavy atom. The third-order valence-electron chi connectivity index (χ3n) is 10.1. The summed E-state index contributed by atoms with van der Waals surface area (Å²) < 4.78 is 55.7. The minimum Gasteiger partial charge on any atom is -0.497 e. The molecule has 0 saturated heterocycles. The Labute approximate surface area is 378 Å². The van der Waals surface area contributed by atoms with Crippen molar-refractivity contribution in [3.63, 3.8) is 0 Å². The van der Waals surface area contributed by atoms with E-state index in [4.69, 9.17) is 47.4 Å². The van der Waals surface area contributed by atoms with Gasteiger partial charge in [0, 0.05) is 45.4 Å². The fraction of sp³-hybridized carbons (Fsp3) is 0.469. The van der Waals surface area contributed by atoms with Gasteiger partial charge in [0.15, 0.2) is 0 Å². The van der Waals surface area contributed by atoms with Crippen LogP contribution in [0.25, 0.3) is 0 Å². The quantitative estimate of drug-likeness (QED) is 0.0463. The molecule has 0 fully saturated rings. The highest BCUT2D eigenvalue weighted by atomic mass is 16.6. The van der Waals surface area contributed by atoms with Crippen molar-refractivity contribution < 1.29 is 57.0 Å². The predicted molar refractivity (Wildman–Crippen MR) is 243 cm³/mol. The molecule has 0 aliphatic rings. The molecule has 0 aromatic heterocycles. The van der Waals surface area contributed by atoms with Crippen molar-refractivity contribution in [2.24, 2.45) is 0 Å². The molecule has 0 radical (unpaired) electrons. The molecule has 4 aromatic carbocycles. The second-order valence-corrected chi connectivity index (χ2v) is 15.0. The molecule has 0 aliphatic carbocycles. The molecule has 64 heavy (non-hydrogen) atoms. The van der Waals surface area contributed by atoms with Crippen LogP contribution in [-0.4, -0.2) is 142 Å². The summed E-state index contributed by atoms with van der Waals surface area (Å²) in [5, 5.41) is 0. The van der Waals surface area contributed by atoms with Crippen LogP contribution in [0.2, 0.25) is 0 Å². The molecule has 2 amide bonds. The summed E-state index contributed by atoms with van der Waals surface area (Å²) in [6, 6.07) is 30.7. The van der Waals surface area contributed by atoms with Crippen molar-refractivity contribution in [1.29, 1.82) is 0 Å². The van der Waals surface area contributed by atoms with Crippen LogP contribution in [0.5, 0.6) is 23.0 Å². The Hall–Kier alpha value is -5.58. The van der Waals surface area contributed by atoms with E-state index in [1.807, 2.05) is 111 Å². The normalized spacial score (nSPS) is 11.1. The van der Waals surface area contributed by atoms with Gasteiger partial charge in [-0.3, -0.25) is 9.80 Å². The molecule has 15 nitrogen and oxygen atoms in total. The molecule has 350 valence electrons. The fourth-order valence-electron chi connectivity index (χ4n) is 6.64. The molecule has 0 aliphatic heterocycles.